The Bertz CT molecular complexity index is 1110. The molecule has 0 unspecified atom stereocenters. The first kappa shape index (κ1) is 23.1. The van der Waals surface area contributed by atoms with E-state index in [-0.39, 0.29) is 31.0 Å². The Balaban J connectivity index is 1.49. The van der Waals surface area contributed by atoms with E-state index in [0.717, 1.165) is 49.5 Å². The van der Waals surface area contributed by atoms with Crippen LogP contribution < -0.4 is 19.9 Å². The number of benzene rings is 1. The van der Waals surface area contributed by atoms with Crippen molar-refractivity contribution in [3.05, 3.63) is 29.5 Å². The summed E-state index contributed by atoms with van der Waals surface area (Å²) >= 11 is 2.72. The Morgan fingerprint density at radius 2 is 1.94 bits per heavy atom. The van der Waals surface area contributed by atoms with Crippen LogP contribution in [0.1, 0.15) is 51.0 Å². The summed E-state index contributed by atoms with van der Waals surface area (Å²) in [5, 5.41) is 13.4. The van der Waals surface area contributed by atoms with E-state index in [1.54, 1.807) is 13.1 Å². The SMILES string of the molecule is CCOc1cc(O)c(F)c(N2Cc3cnc(NC4CCC([As])CC4)nc3N(C3CC3)C2=O)c1F. The molecule has 34 heavy (non-hydrogen) atoms. The standard InChI is InChI=1S/C23H26AsF2N5O3/c1-2-34-17-9-16(32)18(25)20(19(17)26)30-11-12-10-27-22(28-14-5-3-13(24)4-6-14)29-21(12)31(23(30)33)15-7-8-15/h9-10,13-15,32H,2-8,11H2,1H3,(H,27,28,29). The zero-order chi connectivity index (χ0) is 24.0. The monoisotopic (exact) mass is 533 g/mol. The number of nitrogens with zero attached hydrogens (tertiary/aromatic N) is 4. The Morgan fingerprint density at radius 1 is 1.21 bits per heavy atom. The third-order valence-electron chi connectivity index (χ3n) is 6.47. The number of rotatable bonds is 6. The number of urea groups is 1. The van der Waals surface area contributed by atoms with E-state index >= 15 is 4.39 Å². The van der Waals surface area contributed by atoms with Crippen LogP contribution in [0.5, 0.6) is 11.5 Å². The van der Waals surface area contributed by atoms with Gasteiger partial charge in [0.25, 0.3) is 0 Å². The van der Waals surface area contributed by atoms with Crippen molar-refractivity contribution in [1.82, 2.24) is 9.97 Å². The number of phenols is 1. The maximum atomic E-state index is 15.2. The first-order chi connectivity index (χ1) is 16.4. The van der Waals surface area contributed by atoms with E-state index in [9.17, 15) is 14.3 Å². The quantitative estimate of drug-likeness (QED) is 0.539. The Labute approximate surface area is 205 Å². The van der Waals surface area contributed by atoms with Gasteiger partial charge in [-0.2, -0.15) is 0 Å². The molecule has 0 bridgehead atoms. The largest absolute Gasteiger partial charge is 0.200 e. The zero-order valence-electron chi connectivity index (χ0n) is 18.8. The number of halogens is 2. The van der Waals surface area contributed by atoms with Gasteiger partial charge in [0.15, 0.2) is 23.1 Å². The molecule has 2 amide bonds. The second kappa shape index (κ2) is 9.21. The summed E-state index contributed by atoms with van der Waals surface area (Å²) in [5.41, 5.74) is -0.0617. The average Bonchev–Trinajstić information content (AvgIpc) is 3.65. The molecule has 2 radical (unpaired) electrons. The van der Waals surface area contributed by atoms with Gasteiger partial charge in [0, 0.05) is 6.07 Å². The third kappa shape index (κ3) is 4.28. The fourth-order valence-electron chi connectivity index (χ4n) is 4.57. The van der Waals surface area contributed by atoms with E-state index < -0.39 is 29.1 Å². The first-order valence-electron chi connectivity index (χ1n) is 11.6. The summed E-state index contributed by atoms with van der Waals surface area (Å²) in [6.45, 7) is 1.64. The van der Waals surface area contributed by atoms with Crippen molar-refractivity contribution < 1.29 is 23.4 Å². The predicted octanol–water partition coefficient (Wildman–Crippen LogP) is 4.28. The van der Waals surface area contributed by atoms with Gasteiger partial charge in [-0.05, 0) is 6.92 Å². The van der Waals surface area contributed by atoms with Crippen molar-refractivity contribution in [2.24, 2.45) is 0 Å². The number of aromatic nitrogens is 2. The van der Waals surface area contributed by atoms with E-state index in [2.05, 4.69) is 32.1 Å². The summed E-state index contributed by atoms with van der Waals surface area (Å²) in [7, 11) is 0. The van der Waals surface area contributed by atoms with Crippen molar-refractivity contribution in [3.8, 4) is 11.5 Å². The molecule has 2 aliphatic carbocycles. The second-order valence-corrected chi connectivity index (χ2v) is 10.5. The summed E-state index contributed by atoms with van der Waals surface area (Å²) in [4.78, 5) is 25.1. The van der Waals surface area contributed by atoms with Crippen LogP contribution in [0.15, 0.2) is 12.3 Å². The number of hydrogen-bond donors (Lipinski definition) is 2. The molecule has 0 spiro atoms. The van der Waals surface area contributed by atoms with Crippen molar-refractivity contribution in [2.45, 2.75) is 68.8 Å². The zero-order valence-corrected chi connectivity index (χ0v) is 20.7. The summed E-state index contributed by atoms with van der Waals surface area (Å²) < 4.78 is 36.0. The normalized spacial score (nSPS) is 22.5. The Kier molecular flexibility index (Phi) is 6.27. The van der Waals surface area contributed by atoms with Gasteiger partial charge in [0.1, 0.15) is 0 Å². The Hall–Kier alpha value is -2.61. The summed E-state index contributed by atoms with van der Waals surface area (Å²) in [6.07, 6.45) is 7.45. The first-order valence-corrected chi connectivity index (χ1v) is 12.7. The number of phenolic OH excluding ortho intramolecular Hbond substituents is 1. The molecule has 0 atom stereocenters. The smallest absolute Gasteiger partial charge is 0.192 e. The van der Waals surface area contributed by atoms with E-state index in [1.807, 2.05) is 0 Å². The van der Waals surface area contributed by atoms with Crippen LogP contribution in [0.2, 0.25) is 4.71 Å². The number of amides is 2. The van der Waals surface area contributed by atoms with Gasteiger partial charge in [-0.1, -0.05) is 0 Å². The fraction of sp³-hybridized carbons (Fsp3) is 0.522. The van der Waals surface area contributed by atoms with Crippen molar-refractivity contribution in [2.75, 3.05) is 21.7 Å². The van der Waals surface area contributed by atoms with Gasteiger partial charge < -0.3 is 9.84 Å². The second-order valence-electron chi connectivity index (χ2n) is 8.97. The maximum Gasteiger partial charge on any atom is 0.192 e. The topological polar surface area (TPSA) is 90.8 Å². The number of carbonyl (C=O) groups is 1. The van der Waals surface area contributed by atoms with Crippen molar-refractivity contribution >= 4 is 40.3 Å². The fourth-order valence-corrected chi connectivity index (χ4v) is 5.19. The molecule has 2 saturated carbocycles. The van der Waals surface area contributed by atoms with Gasteiger partial charge in [0.2, 0.25) is 0 Å². The van der Waals surface area contributed by atoms with E-state index in [4.69, 9.17) is 4.74 Å². The number of anilines is 3. The van der Waals surface area contributed by atoms with E-state index in [1.165, 1.54) is 4.90 Å². The van der Waals surface area contributed by atoms with Crippen LogP contribution in [-0.2, 0) is 6.54 Å². The minimum absolute atomic E-state index is 0.0973. The molecule has 2 heterocycles. The van der Waals surface area contributed by atoms with Crippen molar-refractivity contribution in [3.63, 3.8) is 0 Å². The molecular weight excluding hydrogens is 507 g/mol. The summed E-state index contributed by atoms with van der Waals surface area (Å²) in [5.74, 6) is -2.43. The summed E-state index contributed by atoms with van der Waals surface area (Å²) in [6, 6.07) is 0.468. The number of aromatic hydroxyl groups is 1. The van der Waals surface area contributed by atoms with Crippen LogP contribution in [0.25, 0.3) is 0 Å². The molecule has 1 aliphatic heterocycles. The van der Waals surface area contributed by atoms with Crippen LogP contribution in [0, 0.1) is 11.6 Å². The molecule has 0 saturated heterocycles. The van der Waals surface area contributed by atoms with Crippen LogP contribution >= 0.6 is 0 Å². The molecular formula is C23H26AsF2N5O3. The van der Waals surface area contributed by atoms with Crippen LogP contribution in [-0.4, -0.2) is 56.6 Å². The minimum Gasteiger partial charge on any atom is -0.200 e. The number of hydrogen-bond acceptors (Lipinski definition) is 6. The van der Waals surface area contributed by atoms with Crippen LogP contribution in [0.3, 0.4) is 0 Å². The van der Waals surface area contributed by atoms with Gasteiger partial charge in [0.05, 0.1) is 6.61 Å². The minimum atomic E-state index is -1.21. The number of fused-ring (bicyclic) bond motifs is 1. The molecule has 3 aliphatic rings. The molecule has 8 nitrogen and oxygen atoms in total. The van der Waals surface area contributed by atoms with Gasteiger partial charge in [-0.3, -0.25) is 0 Å². The molecule has 11 heteroatoms. The third-order valence-corrected chi connectivity index (χ3v) is 7.56. The number of carbonyl (C=O) groups excluding carboxylic acids is 1. The average molecular weight is 533 g/mol. The molecule has 1 aromatic heterocycles. The van der Waals surface area contributed by atoms with Gasteiger partial charge in [-0.25, -0.2) is 8.78 Å². The predicted molar refractivity (Wildman–Crippen MR) is 124 cm³/mol. The Morgan fingerprint density at radius 3 is 2.62 bits per heavy atom. The maximum absolute atomic E-state index is 15.2. The van der Waals surface area contributed by atoms with Crippen molar-refractivity contribution in [1.29, 1.82) is 0 Å². The molecule has 1 aromatic carbocycles. The molecule has 2 N–H and O–H groups in total. The molecule has 2 fully saturated rings. The molecule has 180 valence electrons. The number of nitrogens with one attached hydrogen (secondary N) is 1. The molecule has 5 rings (SSSR count). The number of ether oxygens (including phenoxy) is 1. The van der Waals surface area contributed by atoms with Crippen LogP contribution in [0.4, 0.5) is 31.0 Å². The van der Waals surface area contributed by atoms with Gasteiger partial charge >= 0.3 is 144 Å². The van der Waals surface area contributed by atoms with E-state index in [0.29, 0.717) is 22.0 Å². The molecule has 2 aromatic rings. The van der Waals surface area contributed by atoms with Gasteiger partial charge in [-0.15, -0.1) is 0 Å².